The molecule has 0 aliphatic carbocycles. The highest BCUT2D eigenvalue weighted by molar-refractivity contribution is 5.95. The Morgan fingerprint density at radius 1 is 0.962 bits per heavy atom. The fourth-order valence-electron chi connectivity index (χ4n) is 2.46. The summed E-state index contributed by atoms with van der Waals surface area (Å²) in [5.74, 6) is -2.69. The van der Waals surface area contributed by atoms with E-state index in [-0.39, 0.29) is 24.7 Å². The first-order chi connectivity index (χ1) is 12.4. The summed E-state index contributed by atoms with van der Waals surface area (Å²) in [7, 11) is 1.62. The smallest absolute Gasteiger partial charge is 0.238 e. The average Bonchev–Trinajstić information content (AvgIpc) is 2.58. The first-order valence-electron chi connectivity index (χ1n) is 8.20. The molecule has 2 amide bonds. The summed E-state index contributed by atoms with van der Waals surface area (Å²) >= 11 is 0. The molecule has 5 nitrogen and oxygen atoms in total. The van der Waals surface area contributed by atoms with Crippen LogP contribution in [0.2, 0.25) is 0 Å². The maximum absolute atomic E-state index is 13.1. The maximum atomic E-state index is 13.1. The number of carbonyl (C=O) groups is 2. The summed E-state index contributed by atoms with van der Waals surface area (Å²) in [5, 5.41) is 5.29. The van der Waals surface area contributed by atoms with Crippen LogP contribution in [0.5, 0.6) is 0 Å². The highest BCUT2D eigenvalue weighted by Crippen LogP contribution is 2.15. The molecule has 2 N–H and O–H groups in total. The molecular formula is C19H21F2N3O2. The van der Waals surface area contributed by atoms with Crippen molar-refractivity contribution in [2.45, 2.75) is 13.3 Å². The molecule has 7 heteroatoms. The van der Waals surface area contributed by atoms with Crippen LogP contribution in [-0.2, 0) is 16.0 Å². The number of benzene rings is 2. The zero-order chi connectivity index (χ0) is 19.1. The van der Waals surface area contributed by atoms with E-state index in [4.69, 9.17) is 0 Å². The van der Waals surface area contributed by atoms with Crippen LogP contribution in [0.3, 0.4) is 0 Å². The molecule has 0 saturated heterocycles. The van der Waals surface area contributed by atoms with E-state index < -0.39 is 17.5 Å². The van der Waals surface area contributed by atoms with Crippen molar-refractivity contribution in [3.05, 3.63) is 59.7 Å². The molecule has 0 saturated carbocycles. The lowest BCUT2D eigenvalue weighted by molar-refractivity contribution is -0.119. The Morgan fingerprint density at radius 2 is 1.62 bits per heavy atom. The van der Waals surface area contributed by atoms with Crippen molar-refractivity contribution in [1.29, 1.82) is 0 Å². The number of halogens is 2. The fraction of sp³-hybridized carbons (Fsp3) is 0.263. The van der Waals surface area contributed by atoms with E-state index in [1.54, 1.807) is 7.05 Å². The molecule has 0 spiro atoms. The number of para-hydroxylation sites is 1. The van der Waals surface area contributed by atoms with Crippen molar-refractivity contribution < 1.29 is 18.4 Å². The summed E-state index contributed by atoms with van der Waals surface area (Å²) in [6, 6.07) is 10.6. The Balaban J connectivity index is 1.85. The van der Waals surface area contributed by atoms with Gasteiger partial charge in [0.1, 0.15) is 0 Å². The van der Waals surface area contributed by atoms with E-state index in [2.05, 4.69) is 10.6 Å². The first-order valence-corrected chi connectivity index (χ1v) is 8.20. The lowest BCUT2D eigenvalue weighted by Crippen LogP contribution is -2.36. The van der Waals surface area contributed by atoms with E-state index in [9.17, 15) is 18.4 Å². The predicted molar refractivity (Wildman–Crippen MR) is 96.9 cm³/mol. The van der Waals surface area contributed by atoms with Crippen LogP contribution in [-0.4, -0.2) is 36.9 Å². The molecule has 0 bridgehead atoms. The molecule has 2 rings (SSSR count). The molecule has 2 aromatic rings. The van der Waals surface area contributed by atoms with Gasteiger partial charge in [-0.3, -0.25) is 14.5 Å². The van der Waals surface area contributed by atoms with Crippen LogP contribution in [0.4, 0.5) is 20.2 Å². The van der Waals surface area contributed by atoms with Gasteiger partial charge in [-0.25, -0.2) is 8.78 Å². The van der Waals surface area contributed by atoms with Gasteiger partial charge >= 0.3 is 0 Å². The number of aryl methyl sites for hydroxylation is 1. The summed E-state index contributed by atoms with van der Waals surface area (Å²) in [6.07, 6.45) is 0.795. The number of rotatable bonds is 7. The molecule has 138 valence electrons. The Bertz CT molecular complexity index is 796. The van der Waals surface area contributed by atoms with E-state index >= 15 is 0 Å². The predicted octanol–water partition coefficient (Wildman–Crippen LogP) is 3.04. The minimum absolute atomic E-state index is 0.0171. The van der Waals surface area contributed by atoms with Gasteiger partial charge in [0.05, 0.1) is 13.1 Å². The minimum Gasteiger partial charge on any atom is -0.325 e. The normalized spacial score (nSPS) is 10.7. The lowest BCUT2D eigenvalue weighted by atomic mass is 10.1. The Labute approximate surface area is 151 Å². The molecular weight excluding hydrogens is 340 g/mol. The Morgan fingerprint density at radius 3 is 2.27 bits per heavy atom. The number of anilines is 2. The van der Waals surface area contributed by atoms with Gasteiger partial charge in [0.15, 0.2) is 11.6 Å². The van der Waals surface area contributed by atoms with Gasteiger partial charge < -0.3 is 10.6 Å². The highest BCUT2D eigenvalue weighted by atomic mass is 19.2. The van der Waals surface area contributed by atoms with Crippen LogP contribution in [0.1, 0.15) is 12.5 Å². The van der Waals surface area contributed by atoms with Crippen LogP contribution in [0, 0.1) is 11.6 Å². The number of likely N-dealkylation sites (N-methyl/N-ethyl adjacent to an activating group) is 1. The van der Waals surface area contributed by atoms with Gasteiger partial charge in [0.25, 0.3) is 0 Å². The molecule has 26 heavy (non-hydrogen) atoms. The van der Waals surface area contributed by atoms with Crippen molar-refractivity contribution >= 4 is 23.2 Å². The van der Waals surface area contributed by atoms with Crippen molar-refractivity contribution in [1.82, 2.24) is 4.90 Å². The average molecular weight is 361 g/mol. The monoisotopic (exact) mass is 361 g/mol. The molecule has 0 atom stereocenters. The summed E-state index contributed by atoms with van der Waals surface area (Å²) in [5.41, 5.74) is 1.93. The Hall–Kier alpha value is -2.80. The third-order valence-corrected chi connectivity index (χ3v) is 3.70. The number of nitrogens with one attached hydrogen (secondary N) is 2. The molecule has 0 heterocycles. The number of hydrogen-bond acceptors (Lipinski definition) is 3. The molecule has 0 radical (unpaired) electrons. The fourth-order valence-corrected chi connectivity index (χ4v) is 2.46. The van der Waals surface area contributed by atoms with E-state index in [1.807, 2.05) is 31.2 Å². The Kier molecular flexibility index (Phi) is 6.80. The van der Waals surface area contributed by atoms with Crippen molar-refractivity contribution in [2.75, 3.05) is 30.8 Å². The quantitative estimate of drug-likeness (QED) is 0.797. The lowest BCUT2D eigenvalue weighted by Gasteiger charge is -2.17. The molecule has 0 aromatic heterocycles. The topological polar surface area (TPSA) is 61.4 Å². The number of nitrogens with zero attached hydrogens (tertiary/aromatic N) is 1. The molecule has 0 aliphatic heterocycles. The maximum Gasteiger partial charge on any atom is 0.238 e. The van der Waals surface area contributed by atoms with Gasteiger partial charge in [-0.15, -0.1) is 0 Å². The molecule has 0 aliphatic rings. The molecule has 0 unspecified atom stereocenters. The molecule has 2 aromatic carbocycles. The van der Waals surface area contributed by atoms with Crippen molar-refractivity contribution in [3.63, 3.8) is 0 Å². The number of hydrogen-bond donors (Lipinski definition) is 2. The van der Waals surface area contributed by atoms with E-state index in [0.717, 1.165) is 29.8 Å². The van der Waals surface area contributed by atoms with E-state index in [0.29, 0.717) is 0 Å². The third-order valence-electron chi connectivity index (χ3n) is 3.70. The zero-order valence-corrected chi connectivity index (χ0v) is 14.7. The number of amides is 2. The standard InChI is InChI=1S/C19H21F2N3O2/c1-3-13-6-4-5-7-17(13)23-19(26)12-24(2)11-18(25)22-14-8-9-15(20)16(21)10-14/h4-10H,3,11-12H2,1-2H3,(H,22,25)(H,23,26). The first kappa shape index (κ1) is 19.5. The minimum atomic E-state index is -1.04. The summed E-state index contributed by atoms with van der Waals surface area (Å²) in [4.78, 5) is 25.6. The second kappa shape index (κ2) is 9.05. The van der Waals surface area contributed by atoms with Gasteiger partial charge in [-0.05, 0) is 37.2 Å². The SMILES string of the molecule is CCc1ccccc1NC(=O)CN(C)CC(=O)Nc1ccc(F)c(F)c1. The zero-order valence-electron chi connectivity index (χ0n) is 14.7. The van der Waals surface area contributed by atoms with Crippen molar-refractivity contribution in [2.24, 2.45) is 0 Å². The third kappa shape index (κ3) is 5.63. The van der Waals surface area contributed by atoms with E-state index in [1.165, 1.54) is 11.0 Å². The van der Waals surface area contributed by atoms with Gasteiger partial charge in [-0.1, -0.05) is 25.1 Å². The van der Waals surface area contributed by atoms with Crippen LogP contribution >= 0.6 is 0 Å². The van der Waals surface area contributed by atoms with Crippen LogP contribution < -0.4 is 10.6 Å². The van der Waals surface area contributed by atoms with Gasteiger partial charge in [-0.2, -0.15) is 0 Å². The van der Waals surface area contributed by atoms with Crippen molar-refractivity contribution in [3.8, 4) is 0 Å². The van der Waals surface area contributed by atoms with Crippen LogP contribution in [0.25, 0.3) is 0 Å². The largest absolute Gasteiger partial charge is 0.325 e. The summed E-state index contributed by atoms with van der Waals surface area (Å²) in [6.45, 7) is 1.95. The second-order valence-electron chi connectivity index (χ2n) is 5.91. The number of carbonyl (C=O) groups excluding carboxylic acids is 2. The van der Waals surface area contributed by atoms with Gasteiger partial charge in [0, 0.05) is 17.4 Å². The molecule has 0 fully saturated rings. The highest BCUT2D eigenvalue weighted by Gasteiger charge is 2.13. The summed E-state index contributed by atoms with van der Waals surface area (Å²) < 4.78 is 26.0. The second-order valence-corrected chi connectivity index (χ2v) is 5.91. The van der Waals surface area contributed by atoms with Crippen LogP contribution in [0.15, 0.2) is 42.5 Å². The van der Waals surface area contributed by atoms with Gasteiger partial charge in [0.2, 0.25) is 11.8 Å².